The zero-order valence-electron chi connectivity index (χ0n) is 8.48. The lowest BCUT2D eigenvalue weighted by Gasteiger charge is -2.27. The second kappa shape index (κ2) is 5.50. The zero-order valence-corrected chi connectivity index (χ0v) is 8.48. The van der Waals surface area contributed by atoms with E-state index in [1.807, 2.05) is 13.8 Å². The van der Waals surface area contributed by atoms with Crippen LogP contribution < -0.4 is 5.32 Å². The van der Waals surface area contributed by atoms with E-state index in [0.717, 1.165) is 0 Å². The number of halogens is 2. The lowest BCUT2D eigenvalue weighted by molar-refractivity contribution is 0.0201. The lowest BCUT2D eigenvalue weighted by atomic mass is 9.97. The van der Waals surface area contributed by atoms with Crippen molar-refractivity contribution in [2.45, 2.75) is 51.7 Å². The molecule has 2 N–H and O–H groups in total. The van der Waals surface area contributed by atoms with Crippen molar-refractivity contribution in [2.75, 3.05) is 6.54 Å². The summed E-state index contributed by atoms with van der Waals surface area (Å²) in [6.45, 7) is 5.33. The lowest BCUT2D eigenvalue weighted by Crippen LogP contribution is -2.45. The second-order valence-electron chi connectivity index (χ2n) is 3.44. The van der Waals surface area contributed by atoms with Crippen molar-refractivity contribution >= 4 is 0 Å². The first-order chi connectivity index (χ1) is 5.95. The number of rotatable bonds is 6. The van der Waals surface area contributed by atoms with Gasteiger partial charge in [-0.15, -0.1) is 0 Å². The second-order valence-corrected chi connectivity index (χ2v) is 3.44. The third-order valence-corrected chi connectivity index (χ3v) is 2.45. The molecule has 0 aromatic rings. The molecule has 1 atom stereocenters. The molecular formula is C9H19F2NO. The van der Waals surface area contributed by atoms with E-state index in [2.05, 4.69) is 5.32 Å². The molecule has 0 spiro atoms. The molecule has 0 aromatic carbocycles. The van der Waals surface area contributed by atoms with Crippen LogP contribution in [0.1, 0.15) is 33.6 Å². The summed E-state index contributed by atoms with van der Waals surface area (Å²) in [5, 5.41) is 12.4. The fourth-order valence-electron chi connectivity index (χ4n) is 0.940. The Bertz CT molecular complexity index is 138. The summed E-state index contributed by atoms with van der Waals surface area (Å²) in [6, 6.07) is -0.857. The highest BCUT2D eigenvalue weighted by atomic mass is 19.3. The van der Waals surface area contributed by atoms with Gasteiger partial charge in [0.15, 0.2) is 0 Å². The van der Waals surface area contributed by atoms with E-state index < -0.39 is 18.1 Å². The molecule has 80 valence electrons. The molecule has 0 amide bonds. The predicted octanol–water partition coefficient (Wildman–Crippen LogP) is 1.78. The van der Waals surface area contributed by atoms with Crippen molar-refractivity contribution in [3.8, 4) is 0 Å². The maximum Gasteiger partial charge on any atom is 0.253 e. The first-order valence-electron chi connectivity index (χ1n) is 4.69. The van der Waals surface area contributed by atoms with E-state index in [1.54, 1.807) is 0 Å². The highest BCUT2D eigenvalue weighted by molar-refractivity contribution is 4.79. The third-order valence-electron chi connectivity index (χ3n) is 2.45. The average Bonchev–Trinajstić information content (AvgIpc) is 2.13. The number of aliphatic hydroxyl groups is 1. The van der Waals surface area contributed by atoms with E-state index >= 15 is 0 Å². The summed E-state index contributed by atoms with van der Waals surface area (Å²) in [5.74, 6) is 0. The predicted molar refractivity (Wildman–Crippen MR) is 49.0 cm³/mol. The van der Waals surface area contributed by atoms with Crippen LogP contribution >= 0.6 is 0 Å². The first-order valence-corrected chi connectivity index (χ1v) is 4.69. The van der Waals surface area contributed by atoms with Gasteiger partial charge in [-0.2, -0.15) is 0 Å². The maximum atomic E-state index is 12.1. The van der Waals surface area contributed by atoms with Gasteiger partial charge in [0.05, 0.1) is 11.6 Å². The van der Waals surface area contributed by atoms with Gasteiger partial charge in [0.25, 0.3) is 6.43 Å². The minimum absolute atomic E-state index is 0.228. The van der Waals surface area contributed by atoms with E-state index in [0.29, 0.717) is 12.8 Å². The van der Waals surface area contributed by atoms with Crippen LogP contribution in [0.2, 0.25) is 0 Å². The summed E-state index contributed by atoms with van der Waals surface area (Å²) in [5.41, 5.74) is -0.844. The number of hydrogen-bond donors (Lipinski definition) is 2. The summed E-state index contributed by atoms with van der Waals surface area (Å²) in [4.78, 5) is 0. The first kappa shape index (κ1) is 12.8. The van der Waals surface area contributed by atoms with E-state index in [1.165, 1.54) is 6.92 Å². The standard InChI is InChI=1S/C9H19F2NO/c1-4-9(13,5-2)6-12-7(3)8(10)11/h7-8,12-13H,4-6H2,1-3H3. The quantitative estimate of drug-likeness (QED) is 0.677. The molecule has 0 aliphatic carbocycles. The van der Waals surface area contributed by atoms with Crippen molar-refractivity contribution in [3.05, 3.63) is 0 Å². The summed E-state index contributed by atoms with van der Waals surface area (Å²) >= 11 is 0. The SMILES string of the molecule is CCC(O)(CC)CNC(C)C(F)F. The minimum Gasteiger partial charge on any atom is -0.389 e. The van der Waals surface area contributed by atoms with Gasteiger partial charge in [0.1, 0.15) is 0 Å². The number of nitrogens with one attached hydrogen (secondary N) is 1. The van der Waals surface area contributed by atoms with Crippen LogP contribution in [0.15, 0.2) is 0 Å². The van der Waals surface area contributed by atoms with Crippen molar-refractivity contribution in [1.82, 2.24) is 5.32 Å². The monoisotopic (exact) mass is 195 g/mol. The van der Waals surface area contributed by atoms with Crippen LogP contribution in [0, 0.1) is 0 Å². The highest BCUT2D eigenvalue weighted by Gasteiger charge is 2.24. The molecule has 0 aliphatic heterocycles. The molecule has 0 fully saturated rings. The summed E-state index contributed by atoms with van der Waals surface area (Å²) in [6.07, 6.45) is -1.23. The van der Waals surface area contributed by atoms with E-state index in [9.17, 15) is 13.9 Å². The molecule has 0 heterocycles. The van der Waals surface area contributed by atoms with Gasteiger partial charge in [0.2, 0.25) is 0 Å². The molecule has 0 radical (unpaired) electrons. The molecule has 2 nitrogen and oxygen atoms in total. The molecule has 4 heteroatoms. The van der Waals surface area contributed by atoms with E-state index in [-0.39, 0.29) is 6.54 Å². The molecule has 1 unspecified atom stereocenters. The molecule has 0 saturated carbocycles. The zero-order chi connectivity index (χ0) is 10.5. The number of hydrogen-bond acceptors (Lipinski definition) is 2. The highest BCUT2D eigenvalue weighted by Crippen LogP contribution is 2.13. The number of alkyl halides is 2. The summed E-state index contributed by atoms with van der Waals surface area (Å²) in [7, 11) is 0. The third kappa shape index (κ3) is 4.52. The molecule has 0 rings (SSSR count). The molecule has 0 aromatic heterocycles. The molecule has 0 bridgehead atoms. The Morgan fingerprint density at radius 3 is 2.08 bits per heavy atom. The smallest absolute Gasteiger partial charge is 0.253 e. The maximum absolute atomic E-state index is 12.1. The van der Waals surface area contributed by atoms with E-state index in [4.69, 9.17) is 0 Å². The van der Waals surface area contributed by atoms with Crippen LogP contribution in [0.25, 0.3) is 0 Å². The molecule has 0 saturated heterocycles. The van der Waals surface area contributed by atoms with Crippen molar-refractivity contribution in [2.24, 2.45) is 0 Å². The van der Waals surface area contributed by atoms with Gasteiger partial charge in [-0.1, -0.05) is 13.8 Å². The Morgan fingerprint density at radius 2 is 1.77 bits per heavy atom. The van der Waals surface area contributed by atoms with Crippen LogP contribution in [0.4, 0.5) is 8.78 Å². The van der Waals surface area contributed by atoms with Crippen molar-refractivity contribution in [3.63, 3.8) is 0 Å². The Hall–Kier alpha value is -0.220. The molecule has 13 heavy (non-hydrogen) atoms. The Balaban J connectivity index is 3.85. The fraction of sp³-hybridized carbons (Fsp3) is 1.00. The normalized spacial score (nSPS) is 15.0. The van der Waals surface area contributed by atoms with Gasteiger partial charge in [-0.05, 0) is 19.8 Å². The Kier molecular flexibility index (Phi) is 5.40. The minimum atomic E-state index is -2.38. The van der Waals surface area contributed by atoms with Crippen LogP contribution in [-0.2, 0) is 0 Å². The van der Waals surface area contributed by atoms with Crippen LogP contribution in [0.3, 0.4) is 0 Å². The van der Waals surface area contributed by atoms with Crippen LogP contribution in [0.5, 0.6) is 0 Å². The average molecular weight is 195 g/mol. The Labute approximate surface area is 78.3 Å². The Morgan fingerprint density at radius 1 is 1.31 bits per heavy atom. The van der Waals surface area contributed by atoms with Gasteiger partial charge in [-0.25, -0.2) is 8.78 Å². The molecule has 0 aliphatic rings. The van der Waals surface area contributed by atoms with Gasteiger partial charge >= 0.3 is 0 Å². The topological polar surface area (TPSA) is 32.3 Å². The molecular weight excluding hydrogens is 176 g/mol. The van der Waals surface area contributed by atoms with Crippen molar-refractivity contribution < 1.29 is 13.9 Å². The van der Waals surface area contributed by atoms with Gasteiger partial charge in [0, 0.05) is 6.54 Å². The van der Waals surface area contributed by atoms with Gasteiger partial charge < -0.3 is 10.4 Å². The van der Waals surface area contributed by atoms with Crippen molar-refractivity contribution in [1.29, 1.82) is 0 Å². The van der Waals surface area contributed by atoms with Gasteiger partial charge in [-0.3, -0.25) is 0 Å². The fourth-order valence-corrected chi connectivity index (χ4v) is 0.940. The van der Waals surface area contributed by atoms with Crippen LogP contribution in [-0.4, -0.2) is 29.7 Å². The summed E-state index contributed by atoms with van der Waals surface area (Å²) < 4.78 is 24.1. The largest absolute Gasteiger partial charge is 0.389 e.